The van der Waals surface area contributed by atoms with Crippen LogP contribution in [0, 0.1) is 0 Å². The van der Waals surface area contributed by atoms with E-state index in [1.165, 1.54) is 11.1 Å². The number of benzene rings is 1. The van der Waals surface area contributed by atoms with Crippen LogP contribution in [0.1, 0.15) is 17.2 Å². The number of anilines is 1. The summed E-state index contributed by atoms with van der Waals surface area (Å²) >= 11 is 11.3. The first-order valence-corrected chi connectivity index (χ1v) is 8.30. The number of pyridine rings is 1. The lowest BCUT2D eigenvalue weighted by molar-refractivity contribution is 0.869. The fraction of sp³-hybridized carbons (Fsp3) is 0.214. The van der Waals surface area contributed by atoms with Gasteiger partial charge in [0.25, 0.3) is 0 Å². The minimum Gasteiger partial charge on any atom is -0.376 e. The molecule has 0 saturated carbocycles. The number of hydrogen-bond donors (Lipinski definition) is 1. The topological polar surface area (TPSA) is 24.9 Å². The molecule has 0 saturated heterocycles. The standard InChI is InChI=1S/C14H12BrClN2S/c15-12-5-10(6-17-14(12)16)18-13-8-19-7-9-3-1-2-4-11(9)13/h1-6,13,18H,7-8H2. The monoisotopic (exact) mass is 354 g/mol. The van der Waals surface area contributed by atoms with Gasteiger partial charge in [-0.05, 0) is 33.1 Å². The highest BCUT2D eigenvalue weighted by Gasteiger charge is 2.20. The van der Waals surface area contributed by atoms with Crippen molar-refractivity contribution in [3.63, 3.8) is 0 Å². The van der Waals surface area contributed by atoms with Gasteiger partial charge in [0.15, 0.2) is 0 Å². The normalized spacial score (nSPS) is 17.9. The van der Waals surface area contributed by atoms with Crippen molar-refractivity contribution in [2.45, 2.75) is 11.8 Å². The molecule has 1 N–H and O–H groups in total. The summed E-state index contributed by atoms with van der Waals surface area (Å²) in [7, 11) is 0. The van der Waals surface area contributed by atoms with Crippen LogP contribution in [0.4, 0.5) is 5.69 Å². The Kier molecular flexibility index (Phi) is 4.01. The molecule has 2 nitrogen and oxygen atoms in total. The molecular formula is C14H12BrClN2S. The maximum atomic E-state index is 5.91. The predicted octanol–water partition coefficient (Wildman–Crippen LogP) is 4.90. The predicted molar refractivity (Wildman–Crippen MR) is 85.9 cm³/mol. The molecule has 0 spiro atoms. The molecule has 1 unspecified atom stereocenters. The Labute approximate surface area is 130 Å². The molecule has 1 atom stereocenters. The first-order chi connectivity index (χ1) is 9.24. The van der Waals surface area contributed by atoms with Crippen molar-refractivity contribution in [2.24, 2.45) is 0 Å². The molecule has 3 rings (SSSR count). The molecule has 0 bridgehead atoms. The average Bonchev–Trinajstić information content (AvgIpc) is 2.43. The maximum absolute atomic E-state index is 5.91. The fourth-order valence-electron chi connectivity index (χ4n) is 2.20. The van der Waals surface area contributed by atoms with Crippen molar-refractivity contribution in [2.75, 3.05) is 11.1 Å². The summed E-state index contributed by atoms with van der Waals surface area (Å²) in [6, 6.07) is 10.9. The molecule has 1 aliphatic rings. The number of nitrogens with one attached hydrogen (secondary N) is 1. The summed E-state index contributed by atoms with van der Waals surface area (Å²) in [5.41, 5.74) is 3.78. The van der Waals surface area contributed by atoms with Gasteiger partial charge >= 0.3 is 0 Å². The highest BCUT2D eigenvalue weighted by atomic mass is 79.9. The molecule has 0 amide bonds. The van der Waals surface area contributed by atoms with Gasteiger partial charge in [0, 0.05) is 11.5 Å². The van der Waals surface area contributed by atoms with Crippen LogP contribution in [-0.4, -0.2) is 10.7 Å². The van der Waals surface area contributed by atoms with E-state index < -0.39 is 0 Å². The van der Waals surface area contributed by atoms with Gasteiger partial charge in [0.2, 0.25) is 0 Å². The van der Waals surface area contributed by atoms with Gasteiger partial charge in [-0.15, -0.1) is 0 Å². The molecule has 2 heterocycles. The second kappa shape index (κ2) is 5.73. The first-order valence-electron chi connectivity index (χ1n) is 5.97. The number of rotatable bonds is 2. The number of hydrogen-bond acceptors (Lipinski definition) is 3. The van der Waals surface area contributed by atoms with Crippen LogP contribution in [0.25, 0.3) is 0 Å². The van der Waals surface area contributed by atoms with Gasteiger partial charge in [-0.25, -0.2) is 4.98 Å². The summed E-state index contributed by atoms with van der Waals surface area (Å²) in [6.07, 6.45) is 1.77. The molecule has 1 aromatic carbocycles. The van der Waals surface area contributed by atoms with E-state index in [1.54, 1.807) is 6.20 Å². The van der Waals surface area contributed by atoms with E-state index in [9.17, 15) is 0 Å². The Balaban J connectivity index is 1.86. The van der Waals surface area contributed by atoms with Gasteiger partial charge in [-0.1, -0.05) is 35.9 Å². The van der Waals surface area contributed by atoms with Gasteiger partial charge in [-0.2, -0.15) is 11.8 Å². The van der Waals surface area contributed by atoms with Crippen molar-refractivity contribution in [1.29, 1.82) is 0 Å². The van der Waals surface area contributed by atoms with Gasteiger partial charge in [0.1, 0.15) is 5.15 Å². The third-order valence-corrected chi connectivity index (χ3v) is 5.33. The van der Waals surface area contributed by atoms with Crippen molar-refractivity contribution in [1.82, 2.24) is 4.98 Å². The van der Waals surface area contributed by atoms with Crippen LogP contribution >= 0.6 is 39.3 Å². The summed E-state index contributed by atoms with van der Waals surface area (Å²) in [6.45, 7) is 0. The second-order valence-electron chi connectivity index (χ2n) is 4.41. The number of fused-ring (bicyclic) bond motifs is 1. The highest BCUT2D eigenvalue weighted by molar-refractivity contribution is 9.10. The molecule has 0 fully saturated rings. The molecule has 1 aliphatic heterocycles. The third-order valence-electron chi connectivity index (χ3n) is 3.11. The molecule has 19 heavy (non-hydrogen) atoms. The zero-order valence-electron chi connectivity index (χ0n) is 10.1. The van der Waals surface area contributed by atoms with Crippen molar-refractivity contribution in [3.8, 4) is 0 Å². The smallest absolute Gasteiger partial charge is 0.143 e. The van der Waals surface area contributed by atoms with Crippen LogP contribution in [0.5, 0.6) is 0 Å². The van der Waals surface area contributed by atoms with Crippen LogP contribution in [0.3, 0.4) is 0 Å². The van der Waals surface area contributed by atoms with Crippen molar-refractivity contribution in [3.05, 3.63) is 57.3 Å². The Bertz CT molecular complexity index is 606. The Morgan fingerprint density at radius 1 is 1.37 bits per heavy atom. The minimum atomic E-state index is 0.324. The van der Waals surface area contributed by atoms with Crippen molar-refractivity contribution < 1.29 is 0 Å². The molecular weight excluding hydrogens is 344 g/mol. The van der Waals surface area contributed by atoms with E-state index in [1.807, 2.05) is 17.8 Å². The molecule has 2 aromatic rings. The summed E-state index contributed by atoms with van der Waals surface area (Å²) in [5, 5.41) is 4.02. The van der Waals surface area contributed by atoms with E-state index in [-0.39, 0.29) is 0 Å². The van der Waals surface area contributed by atoms with Crippen LogP contribution in [0.15, 0.2) is 41.0 Å². The SMILES string of the molecule is Clc1ncc(NC2CSCc3ccccc32)cc1Br. The van der Waals surface area contributed by atoms with E-state index in [4.69, 9.17) is 11.6 Å². The first kappa shape index (κ1) is 13.3. The number of nitrogens with zero attached hydrogens (tertiary/aromatic N) is 1. The van der Waals surface area contributed by atoms with E-state index in [0.717, 1.165) is 21.7 Å². The van der Waals surface area contributed by atoms with Crippen LogP contribution in [-0.2, 0) is 5.75 Å². The lowest BCUT2D eigenvalue weighted by atomic mass is 10.0. The summed E-state index contributed by atoms with van der Waals surface area (Å²) < 4.78 is 0.816. The van der Waals surface area contributed by atoms with Crippen molar-refractivity contribution >= 4 is 45.0 Å². The zero-order valence-corrected chi connectivity index (χ0v) is 13.2. The lowest BCUT2D eigenvalue weighted by Gasteiger charge is -2.26. The maximum Gasteiger partial charge on any atom is 0.143 e. The number of aromatic nitrogens is 1. The largest absolute Gasteiger partial charge is 0.376 e. The van der Waals surface area contributed by atoms with Gasteiger partial charge < -0.3 is 5.32 Å². The minimum absolute atomic E-state index is 0.324. The highest BCUT2D eigenvalue weighted by Crippen LogP contribution is 2.34. The molecule has 98 valence electrons. The molecule has 0 aliphatic carbocycles. The van der Waals surface area contributed by atoms with E-state index in [0.29, 0.717) is 11.2 Å². The van der Waals surface area contributed by atoms with E-state index >= 15 is 0 Å². The van der Waals surface area contributed by atoms with Gasteiger partial charge in [-0.3, -0.25) is 0 Å². The Morgan fingerprint density at radius 3 is 3.05 bits per heavy atom. The quantitative estimate of drug-likeness (QED) is 0.776. The second-order valence-corrected chi connectivity index (χ2v) is 6.65. The molecule has 5 heteroatoms. The number of thioether (sulfide) groups is 1. The Morgan fingerprint density at radius 2 is 2.21 bits per heavy atom. The zero-order chi connectivity index (χ0) is 13.2. The van der Waals surface area contributed by atoms with Crippen LogP contribution in [0.2, 0.25) is 5.15 Å². The molecule has 1 aromatic heterocycles. The van der Waals surface area contributed by atoms with E-state index in [2.05, 4.69) is 50.5 Å². The summed E-state index contributed by atoms with van der Waals surface area (Å²) in [4.78, 5) is 4.15. The average molecular weight is 356 g/mol. The summed E-state index contributed by atoms with van der Waals surface area (Å²) in [5.74, 6) is 2.16. The third kappa shape index (κ3) is 2.91. The molecule has 0 radical (unpaired) electrons. The van der Waals surface area contributed by atoms with Crippen LogP contribution < -0.4 is 5.32 Å². The Hall–Kier alpha value is -0.710. The fourth-order valence-corrected chi connectivity index (χ4v) is 3.75. The lowest BCUT2D eigenvalue weighted by Crippen LogP contribution is -2.18. The number of halogens is 2. The van der Waals surface area contributed by atoms with Gasteiger partial charge in [0.05, 0.1) is 22.4 Å².